The Bertz CT molecular complexity index is 670. The van der Waals surface area contributed by atoms with Crippen molar-refractivity contribution in [1.82, 2.24) is 5.32 Å². The zero-order valence-corrected chi connectivity index (χ0v) is 13.3. The second-order valence-electron chi connectivity index (χ2n) is 5.12. The summed E-state index contributed by atoms with van der Waals surface area (Å²) in [5.74, 6) is -0.265. The van der Waals surface area contributed by atoms with Gasteiger partial charge in [-0.05, 0) is 29.8 Å². The van der Waals surface area contributed by atoms with Crippen LogP contribution in [0.1, 0.15) is 5.56 Å². The number of esters is 1. The predicted octanol–water partition coefficient (Wildman–Crippen LogP) is 1.67. The number of hydrogen-bond donors (Lipinski definition) is 2. The highest BCUT2D eigenvalue weighted by Crippen LogP contribution is 2.12. The molecule has 1 atom stereocenters. The van der Waals surface area contributed by atoms with Crippen LogP contribution in [0.5, 0.6) is 11.5 Å². The van der Waals surface area contributed by atoms with Gasteiger partial charge in [0.15, 0.2) is 6.61 Å². The van der Waals surface area contributed by atoms with Crippen LogP contribution in [0.25, 0.3) is 0 Å². The summed E-state index contributed by atoms with van der Waals surface area (Å²) >= 11 is 0. The maximum absolute atomic E-state index is 12.0. The molecule has 0 aliphatic rings. The topological polar surface area (TPSA) is 84.9 Å². The fourth-order valence-corrected chi connectivity index (χ4v) is 2.10. The molecule has 6 nitrogen and oxygen atoms in total. The zero-order chi connectivity index (χ0) is 17.4. The van der Waals surface area contributed by atoms with Crippen molar-refractivity contribution in [3.05, 3.63) is 60.2 Å². The third-order valence-corrected chi connectivity index (χ3v) is 3.31. The lowest BCUT2D eigenvalue weighted by Gasteiger charge is -2.17. The van der Waals surface area contributed by atoms with Gasteiger partial charge in [0.25, 0.3) is 5.91 Å². The molecule has 24 heavy (non-hydrogen) atoms. The number of ether oxygens (including phenoxy) is 2. The molecule has 0 spiro atoms. The van der Waals surface area contributed by atoms with Crippen molar-refractivity contribution >= 4 is 11.9 Å². The maximum Gasteiger partial charge on any atom is 0.328 e. The monoisotopic (exact) mass is 329 g/mol. The lowest BCUT2D eigenvalue weighted by atomic mass is 10.1. The number of carbonyl (C=O) groups is 2. The Labute approximate surface area is 140 Å². The van der Waals surface area contributed by atoms with Gasteiger partial charge in [0.05, 0.1) is 7.11 Å². The first-order chi connectivity index (χ1) is 11.6. The van der Waals surface area contributed by atoms with Gasteiger partial charge in [-0.25, -0.2) is 4.79 Å². The molecular formula is C18H19NO5. The number of nitrogens with one attached hydrogen (secondary N) is 1. The minimum atomic E-state index is -0.827. The first-order valence-electron chi connectivity index (χ1n) is 7.41. The molecule has 0 aliphatic carbocycles. The molecular weight excluding hydrogens is 310 g/mol. The first kappa shape index (κ1) is 17.3. The Hall–Kier alpha value is -3.02. The normalized spacial score (nSPS) is 11.4. The van der Waals surface area contributed by atoms with Crippen LogP contribution in [0.4, 0.5) is 0 Å². The van der Waals surface area contributed by atoms with Crippen LogP contribution >= 0.6 is 0 Å². The van der Waals surface area contributed by atoms with Crippen molar-refractivity contribution in [2.24, 2.45) is 0 Å². The number of phenols is 1. The van der Waals surface area contributed by atoms with Gasteiger partial charge < -0.3 is 19.9 Å². The number of rotatable bonds is 7. The Morgan fingerprint density at radius 2 is 1.75 bits per heavy atom. The second-order valence-corrected chi connectivity index (χ2v) is 5.12. The van der Waals surface area contributed by atoms with Gasteiger partial charge in [-0.1, -0.05) is 30.3 Å². The lowest BCUT2D eigenvalue weighted by molar-refractivity contribution is -0.145. The Balaban J connectivity index is 1.93. The molecule has 2 aromatic rings. The van der Waals surface area contributed by atoms with Crippen LogP contribution < -0.4 is 10.1 Å². The van der Waals surface area contributed by atoms with Gasteiger partial charge in [-0.15, -0.1) is 0 Å². The fraction of sp³-hybridized carbons (Fsp3) is 0.222. The summed E-state index contributed by atoms with van der Waals surface area (Å²) in [5.41, 5.74) is 0.785. The lowest BCUT2D eigenvalue weighted by Crippen LogP contribution is -2.44. The minimum absolute atomic E-state index is 0.133. The number of aromatic hydroxyl groups is 1. The van der Waals surface area contributed by atoms with E-state index in [-0.39, 0.29) is 18.8 Å². The van der Waals surface area contributed by atoms with E-state index >= 15 is 0 Å². The molecule has 2 rings (SSSR count). The highest BCUT2D eigenvalue weighted by molar-refractivity contribution is 5.85. The summed E-state index contributed by atoms with van der Waals surface area (Å²) < 4.78 is 10.1. The summed E-state index contributed by atoms with van der Waals surface area (Å²) in [6.07, 6.45) is 0.254. The summed E-state index contributed by atoms with van der Waals surface area (Å²) in [6, 6.07) is 14.5. The van der Waals surface area contributed by atoms with Crippen LogP contribution in [-0.4, -0.2) is 36.7 Å². The van der Waals surface area contributed by atoms with Crippen LogP contribution in [-0.2, 0) is 20.7 Å². The average molecular weight is 329 g/mol. The molecule has 0 fully saturated rings. The van der Waals surface area contributed by atoms with E-state index < -0.39 is 17.9 Å². The van der Waals surface area contributed by atoms with E-state index in [1.165, 1.54) is 19.2 Å². The standard InChI is InChI=1S/C18H19NO5/c1-23-18(22)16(11-13-7-9-14(20)10-8-13)19-17(21)12-24-15-5-3-2-4-6-15/h2-10,16,20H,11-12H2,1H3,(H,19,21)/t16-/m1/s1. The average Bonchev–Trinajstić information content (AvgIpc) is 2.61. The number of benzene rings is 2. The number of para-hydroxylation sites is 1. The molecule has 0 aromatic heterocycles. The second kappa shape index (κ2) is 8.57. The van der Waals surface area contributed by atoms with Gasteiger partial charge in [0.1, 0.15) is 17.5 Å². The number of phenolic OH excluding ortho intramolecular Hbond substituents is 1. The van der Waals surface area contributed by atoms with Gasteiger partial charge in [0.2, 0.25) is 0 Å². The van der Waals surface area contributed by atoms with Gasteiger partial charge >= 0.3 is 5.97 Å². The SMILES string of the molecule is COC(=O)[C@@H](Cc1ccc(O)cc1)NC(=O)COc1ccccc1. The molecule has 0 radical (unpaired) electrons. The Kier molecular flexibility index (Phi) is 6.19. The Morgan fingerprint density at radius 3 is 2.38 bits per heavy atom. The van der Waals surface area contributed by atoms with Crippen molar-refractivity contribution in [2.75, 3.05) is 13.7 Å². The number of methoxy groups -OCH3 is 1. The largest absolute Gasteiger partial charge is 0.508 e. The van der Waals surface area contributed by atoms with E-state index in [9.17, 15) is 14.7 Å². The molecule has 0 bridgehead atoms. The predicted molar refractivity (Wildman–Crippen MR) is 87.7 cm³/mol. The van der Waals surface area contributed by atoms with E-state index in [4.69, 9.17) is 9.47 Å². The highest BCUT2D eigenvalue weighted by Gasteiger charge is 2.22. The summed E-state index contributed by atoms with van der Waals surface area (Å²) in [5, 5.41) is 11.9. The third kappa shape index (κ3) is 5.31. The molecule has 1 amide bonds. The van der Waals surface area contributed by atoms with E-state index in [2.05, 4.69) is 5.32 Å². The molecule has 0 heterocycles. The minimum Gasteiger partial charge on any atom is -0.508 e. The van der Waals surface area contributed by atoms with Gasteiger partial charge in [0, 0.05) is 6.42 Å². The van der Waals surface area contributed by atoms with Crippen LogP contribution in [0, 0.1) is 0 Å². The number of hydrogen-bond acceptors (Lipinski definition) is 5. The molecule has 0 saturated heterocycles. The van der Waals surface area contributed by atoms with Crippen molar-refractivity contribution in [2.45, 2.75) is 12.5 Å². The Morgan fingerprint density at radius 1 is 1.08 bits per heavy atom. The summed E-state index contributed by atoms with van der Waals surface area (Å²) in [7, 11) is 1.26. The van der Waals surface area contributed by atoms with Crippen molar-refractivity contribution < 1.29 is 24.2 Å². The van der Waals surface area contributed by atoms with Crippen molar-refractivity contribution in [3.63, 3.8) is 0 Å². The van der Waals surface area contributed by atoms with Crippen LogP contribution in [0.3, 0.4) is 0 Å². The summed E-state index contributed by atoms with van der Waals surface area (Å²) in [4.78, 5) is 23.9. The third-order valence-electron chi connectivity index (χ3n) is 3.31. The zero-order valence-electron chi connectivity index (χ0n) is 13.3. The maximum atomic E-state index is 12.0. The van der Waals surface area contributed by atoms with Crippen LogP contribution in [0.15, 0.2) is 54.6 Å². The smallest absolute Gasteiger partial charge is 0.328 e. The van der Waals surface area contributed by atoms with E-state index in [0.717, 1.165) is 5.56 Å². The first-order valence-corrected chi connectivity index (χ1v) is 7.41. The number of carbonyl (C=O) groups excluding carboxylic acids is 2. The van der Waals surface area contributed by atoms with E-state index in [1.807, 2.05) is 6.07 Å². The van der Waals surface area contributed by atoms with Crippen molar-refractivity contribution in [3.8, 4) is 11.5 Å². The molecule has 2 aromatic carbocycles. The van der Waals surface area contributed by atoms with Gasteiger partial charge in [-0.3, -0.25) is 4.79 Å². The van der Waals surface area contributed by atoms with Crippen molar-refractivity contribution in [1.29, 1.82) is 0 Å². The molecule has 0 saturated carbocycles. The quantitative estimate of drug-likeness (QED) is 0.755. The van der Waals surface area contributed by atoms with Gasteiger partial charge in [-0.2, -0.15) is 0 Å². The summed E-state index contributed by atoms with van der Waals surface area (Å²) in [6.45, 7) is -0.201. The molecule has 126 valence electrons. The van der Waals surface area contributed by atoms with Crippen LogP contribution in [0.2, 0.25) is 0 Å². The van der Waals surface area contributed by atoms with E-state index in [0.29, 0.717) is 5.75 Å². The molecule has 0 aliphatic heterocycles. The van der Waals surface area contributed by atoms with E-state index in [1.54, 1.807) is 36.4 Å². The fourth-order valence-electron chi connectivity index (χ4n) is 2.10. The molecule has 6 heteroatoms. The number of amides is 1. The highest BCUT2D eigenvalue weighted by atomic mass is 16.5. The molecule has 2 N–H and O–H groups in total. The molecule has 0 unspecified atom stereocenters.